The van der Waals surface area contributed by atoms with Crippen molar-refractivity contribution in [3.05, 3.63) is 34.0 Å². The second-order valence-corrected chi connectivity index (χ2v) is 1.93. The van der Waals surface area contributed by atoms with Crippen molar-refractivity contribution in [3.63, 3.8) is 0 Å². The maximum absolute atomic E-state index is 10.2. The lowest BCUT2D eigenvalue weighted by molar-refractivity contribution is -0.419. The predicted octanol–water partition coefficient (Wildman–Crippen LogP) is 0.942. The van der Waals surface area contributed by atoms with Crippen molar-refractivity contribution in [2.45, 2.75) is 6.92 Å². The Labute approximate surface area is 65.8 Å². The smallest absolute Gasteiger partial charge is 0.264 e. The van der Waals surface area contributed by atoms with Crippen molar-refractivity contribution in [2.24, 2.45) is 0 Å². The highest BCUT2D eigenvalue weighted by molar-refractivity contribution is 5.09. The van der Waals surface area contributed by atoms with E-state index in [1.165, 1.54) is 12.2 Å². The Kier molecular flexibility index (Phi) is 5.02. The van der Waals surface area contributed by atoms with E-state index in [4.69, 9.17) is 0 Å². The SMILES string of the molecule is C/C=C(\C=C/CNC)[N+](=O)[O-]. The van der Waals surface area contributed by atoms with E-state index < -0.39 is 4.92 Å². The number of nitro groups is 1. The van der Waals surface area contributed by atoms with E-state index in [0.717, 1.165) is 0 Å². The molecule has 0 aromatic carbocycles. The van der Waals surface area contributed by atoms with Crippen LogP contribution < -0.4 is 5.32 Å². The van der Waals surface area contributed by atoms with Crippen LogP contribution in [0.5, 0.6) is 0 Å². The van der Waals surface area contributed by atoms with Gasteiger partial charge >= 0.3 is 0 Å². The van der Waals surface area contributed by atoms with Gasteiger partial charge in [-0.25, -0.2) is 0 Å². The molecule has 0 fully saturated rings. The highest BCUT2D eigenvalue weighted by Gasteiger charge is 2.00. The number of allylic oxidation sites excluding steroid dienone is 2. The lowest BCUT2D eigenvalue weighted by Crippen LogP contribution is -2.04. The molecule has 4 heteroatoms. The van der Waals surface area contributed by atoms with Crippen LogP contribution in [0.4, 0.5) is 0 Å². The number of rotatable bonds is 4. The minimum absolute atomic E-state index is 0.125. The molecule has 0 aliphatic heterocycles. The van der Waals surface area contributed by atoms with Gasteiger partial charge in [0.25, 0.3) is 5.70 Å². The molecule has 62 valence electrons. The molecule has 0 amide bonds. The van der Waals surface area contributed by atoms with Gasteiger partial charge in [-0.3, -0.25) is 10.1 Å². The number of hydrogen-bond donors (Lipinski definition) is 1. The first-order valence-corrected chi connectivity index (χ1v) is 3.34. The predicted molar refractivity (Wildman–Crippen MR) is 43.8 cm³/mol. The molecule has 0 aliphatic rings. The van der Waals surface area contributed by atoms with E-state index in [1.807, 2.05) is 0 Å². The molecule has 0 unspecified atom stereocenters. The van der Waals surface area contributed by atoms with Gasteiger partial charge in [0.2, 0.25) is 0 Å². The van der Waals surface area contributed by atoms with Gasteiger partial charge in [-0.2, -0.15) is 0 Å². The largest absolute Gasteiger partial charge is 0.316 e. The van der Waals surface area contributed by atoms with Crippen LogP contribution in [0.25, 0.3) is 0 Å². The summed E-state index contributed by atoms with van der Waals surface area (Å²) >= 11 is 0. The van der Waals surface area contributed by atoms with Crippen LogP contribution in [0.2, 0.25) is 0 Å². The molecule has 4 nitrogen and oxygen atoms in total. The van der Waals surface area contributed by atoms with Crippen LogP contribution >= 0.6 is 0 Å². The second kappa shape index (κ2) is 5.61. The Hall–Kier alpha value is -1.16. The number of likely N-dealkylation sites (N-methyl/N-ethyl adjacent to an activating group) is 1. The quantitative estimate of drug-likeness (QED) is 0.374. The molecule has 0 saturated heterocycles. The second-order valence-electron chi connectivity index (χ2n) is 1.93. The van der Waals surface area contributed by atoms with Crippen molar-refractivity contribution in [1.82, 2.24) is 5.32 Å². The molecule has 0 bridgehead atoms. The molecule has 1 N–H and O–H groups in total. The van der Waals surface area contributed by atoms with Gasteiger partial charge in [0.1, 0.15) is 0 Å². The van der Waals surface area contributed by atoms with Crippen LogP contribution in [-0.2, 0) is 0 Å². The van der Waals surface area contributed by atoms with Gasteiger partial charge in [-0.15, -0.1) is 0 Å². The molecule has 0 aromatic heterocycles. The average Bonchev–Trinajstić information content (AvgIpc) is 1.97. The fraction of sp³-hybridized carbons (Fsp3) is 0.429. The van der Waals surface area contributed by atoms with E-state index >= 15 is 0 Å². The van der Waals surface area contributed by atoms with E-state index in [1.54, 1.807) is 20.0 Å². The summed E-state index contributed by atoms with van der Waals surface area (Å²) in [4.78, 5) is 9.78. The van der Waals surface area contributed by atoms with E-state index in [0.29, 0.717) is 6.54 Å². The van der Waals surface area contributed by atoms with E-state index in [-0.39, 0.29) is 5.70 Å². The summed E-state index contributed by atoms with van der Waals surface area (Å²) < 4.78 is 0. The zero-order valence-corrected chi connectivity index (χ0v) is 6.70. The fourth-order valence-corrected chi connectivity index (χ4v) is 0.560. The molecular weight excluding hydrogens is 144 g/mol. The summed E-state index contributed by atoms with van der Waals surface area (Å²) in [5.74, 6) is 0. The van der Waals surface area contributed by atoms with Crippen LogP contribution in [0.3, 0.4) is 0 Å². The van der Waals surface area contributed by atoms with Crippen LogP contribution in [0.15, 0.2) is 23.9 Å². The molecule has 11 heavy (non-hydrogen) atoms. The molecule has 0 atom stereocenters. The van der Waals surface area contributed by atoms with Gasteiger partial charge in [0, 0.05) is 12.6 Å². The third-order valence-electron chi connectivity index (χ3n) is 1.12. The Morgan fingerprint density at radius 3 is 2.73 bits per heavy atom. The molecule has 0 aromatic rings. The Morgan fingerprint density at radius 1 is 1.73 bits per heavy atom. The number of nitrogens with one attached hydrogen (secondary N) is 1. The normalized spacial score (nSPS) is 12.4. The molecule has 0 heterocycles. The Morgan fingerprint density at radius 2 is 2.36 bits per heavy atom. The molecule has 0 rings (SSSR count). The summed E-state index contributed by atoms with van der Waals surface area (Å²) in [7, 11) is 1.78. The fourth-order valence-electron chi connectivity index (χ4n) is 0.560. The third kappa shape index (κ3) is 4.27. The topological polar surface area (TPSA) is 55.2 Å². The lowest BCUT2D eigenvalue weighted by Gasteiger charge is -1.89. The zero-order valence-electron chi connectivity index (χ0n) is 6.70. The van der Waals surface area contributed by atoms with Gasteiger partial charge in [-0.1, -0.05) is 6.08 Å². The molecule has 0 spiro atoms. The van der Waals surface area contributed by atoms with E-state index in [9.17, 15) is 10.1 Å². The first-order valence-electron chi connectivity index (χ1n) is 3.34. The first kappa shape index (κ1) is 9.84. The van der Waals surface area contributed by atoms with Crippen LogP contribution in [0.1, 0.15) is 6.92 Å². The van der Waals surface area contributed by atoms with Crippen molar-refractivity contribution in [2.75, 3.05) is 13.6 Å². The van der Waals surface area contributed by atoms with Gasteiger partial charge in [-0.05, 0) is 20.0 Å². The summed E-state index contributed by atoms with van der Waals surface area (Å²) in [6.07, 6.45) is 4.65. The maximum Gasteiger partial charge on any atom is 0.264 e. The Balaban J connectivity index is 4.00. The highest BCUT2D eigenvalue weighted by Crippen LogP contribution is 1.95. The molecule has 0 saturated carbocycles. The summed E-state index contributed by atoms with van der Waals surface area (Å²) in [5, 5.41) is 13.0. The number of nitrogens with zero attached hydrogens (tertiary/aromatic N) is 1. The Bertz CT molecular complexity index is 185. The van der Waals surface area contributed by atoms with E-state index in [2.05, 4.69) is 5.32 Å². The van der Waals surface area contributed by atoms with Crippen molar-refractivity contribution >= 4 is 0 Å². The summed E-state index contributed by atoms with van der Waals surface area (Å²) in [6.45, 7) is 2.28. The minimum Gasteiger partial charge on any atom is -0.316 e. The monoisotopic (exact) mass is 156 g/mol. The molecule has 0 radical (unpaired) electrons. The highest BCUT2D eigenvalue weighted by atomic mass is 16.6. The summed E-state index contributed by atoms with van der Waals surface area (Å²) in [5.41, 5.74) is 0.125. The zero-order chi connectivity index (χ0) is 8.69. The van der Waals surface area contributed by atoms with Crippen LogP contribution in [-0.4, -0.2) is 18.5 Å². The average molecular weight is 156 g/mol. The van der Waals surface area contributed by atoms with Crippen molar-refractivity contribution < 1.29 is 4.92 Å². The molecule has 0 aliphatic carbocycles. The van der Waals surface area contributed by atoms with Crippen LogP contribution in [0, 0.1) is 10.1 Å². The third-order valence-corrected chi connectivity index (χ3v) is 1.12. The molecular formula is C7H12N2O2. The van der Waals surface area contributed by atoms with Crippen molar-refractivity contribution in [3.8, 4) is 0 Å². The van der Waals surface area contributed by atoms with Gasteiger partial charge in [0.15, 0.2) is 0 Å². The van der Waals surface area contributed by atoms with Crippen molar-refractivity contribution in [1.29, 1.82) is 0 Å². The number of hydrogen-bond acceptors (Lipinski definition) is 3. The van der Waals surface area contributed by atoms with Gasteiger partial charge < -0.3 is 5.32 Å². The lowest BCUT2D eigenvalue weighted by atomic mass is 10.3. The maximum atomic E-state index is 10.2. The standard InChI is InChI=1S/C7H12N2O2/c1-3-7(9(10)11)5-4-6-8-2/h3-5,8H,6H2,1-2H3/b5-4-,7-3+. The summed E-state index contributed by atoms with van der Waals surface area (Å²) in [6, 6.07) is 0. The minimum atomic E-state index is -0.411. The first-order chi connectivity index (χ1) is 5.22. The van der Waals surface area contributed by atoms with Gasteiger partial charge in [0.05, 0.1) is 4.92 Å².